The normalized spacial score (nSPS) is 9.79. The van der Waals surface area contributed by atoms with Gasteiger partial charge in [0.15, 0.2) is 12.6 Å². The Bertz CT molecular complexity index is 403. The van der Waals surface area contributed by atoms with Crippen LogP contribution in [0, 0.1) is 0 Å². The maximum atomic E-state index is 11.0. The van der Waals surface area contributed by atoms with E-state index in [4.69, 9.17) is 14.2 Å². The van der Waals surface area contributed by atoms with E-state index >= 15 is 0 Å². The summed E-state index contributed by atoms with van der Waals surface area (Å²) in [7, 11) is 2.96. The summed E-state index contributed by atoms with van der Waals surface area (Å²) in [4.78, 5) is 21.0. The zero-order valence-corrected chi connectivity index (χ0v) is 11.1. The molecule has 0 heterocycles. The summed E-state index contributed by atoms with van der Waals surface area (Å²) in [6.45, 7) is 0.481. The second kappa shape index (κ2) is 8.13. The first kappa shape index (κ1) is 15.0. The van der Waals surface area contributed by atoms with Crippen LogP contribution in [0.15, 0.2) is 12.1 Å². The Hall–Kier alpha value is -2.04. The van der Waals surface area contributed by atoms with Crippen LogP contribution in [0.1, 0.15) is 29.6 Å². The first-order valence-corrected chi connectivity index (χ1v) is 5.95. The number of carbonyl (C=O) groups is 1. The molecule has 0 amide bonds. The van der Waals surface area contributed by atoms with E-state index in [2.05, 4.69) is 0 Å². The van der Waals surface area contributed by atoms with Gasteiger partial charge in [0.1, 0.15) is 17.2 Å². The van der Waals surface area contributed by atoms with Crippen molar-refractivity contribution in [3.05, 3.63) is 17.7 Å². The van der Waals surface area contributed by atoms with Crippen LogP contribution < -0.4 is 14.2 Å². The van der Waals surface area contributed by atoms with Crippen LogP contribution in [0.5, 0.6) is 17.2 Å². The molecule has 19 heavy (non-hydrogen) atoms. The second-order valence-corrected chi connectivity index (χ2v) is 3.81. The van der Waals surface area contributed by atoms with Gasteiger partial charge in [-0.15, -0.1) is 0 Å². The molecule has 0 unspecified atom stereocenters. The second-order valence-electron chi connectivity index (χ2n) is 3.81. The first-order chi connectivity index (χ1) is 9.26. The van der Waals surface area contributed by atoms with Crippen LogP contribution in [0.2, 0.25) is 0 Å². The first-order valence-electron chi connectivity index (χ1n) is 5.95. The Kier molecular flexibility index (Phi) is 6.43. The summed E-state index contributed by atoms with van der Waals surface area (Å²) in [5.41, 5.74) is 0.355. The Morgan fingerprint density at radius 1 is 1.16 bits per heavy atom. The van der Waals surface area contributed by atoms with E-state index in [1.807, 2.05) is 6.29 Å². The Morgan fingerprint density at radius 3 is 2.26 bits per heavy atom. The van der Waals surface area contributed by atoms with Gasteiger partial charge in [-0.25, -0.2) is 0 Å². The van der Waals surface area contributed by atoms with Crippen LogP contribution in [-0.4, -0.2) is 33.4 Å². The van der Waals surface area contributed by atoms with E-state index in [-0.39, 0.29) is 0 Å². The predicted octanol–water partition coefficient (Wildman–Crippen LogP) is 2.18. The molecule has 0 spiro atoms. The van der Waals surface area contributed by atoms with Crippen LogP contribution >= 0.6 is 0 Å². The van der Waals surface area contributed by atoms with Crippen molar-refractivity contribution in [2.75, 3.05) is 20.8 Å². The number of benzene rings is 1. The lowest BCUT2D eigenvalue weighted by molar-refractivity contribution is 0.111. The number of methoxy groups -OCH3 is 2. The molecule has 0 fully saturated rings. The maximum absolute atomic E-state index is 11.0. The van der Waals surface area contributed by atoms with Gasteiger partial charge in [0.2, 0.25) is 0 Å². The van der Waals surface area contributed by atoms with Crippen molar-refractivity contribution in [3.63, 3.8) is 0 Å². The molecule has 0 N–H and O–H groups in total. The molecule has 0 bridgehead atoms. The predicted molar refractivity (Wildman–Crippen MR) is 70.0 cm³/mol. The zero-order valence-electron chi connectivity index (χ0n) is 11.1. The van der Waals surface area contributed by atoms with Crippen LogP contribution in [0.4, 0.5) is 0 Å². The van der Waals surface area contributed by atoms with Gasteiger partial charge in [-0.05, 0) is 12.8 Å². The van der Waals surface area contributed by atoms with Crippen LogP contribution in [0.25, 0.3) is 0 Å². The molecule has 0 aliphatic rings. The maximum Gasteiger partial charge on any atom is 0.198 e. The van der Waals surface area contributed by atoms with Crippen molar-refractivity contribution < 1.29 is 23.8 Å². The van der Waals surface area contributed by atoms with E-state index < -0.39 is 0 Å². The topological polar surface area (TPSA) is 61.8 Å². The minimum Gasteiger partial charge on any atom is -0.496 e. The molecule has 1 aromatic carbocycles. The smallest absolute Gasteiger partial charge is 0.198 e. The van der Waals surface area contributed by atoms with Gasteiger partial charge in [0.25, 0.3) is 0 Å². The number of aldehydes is 1. The Balaban J connectivity index is 2.73. The number of hydrogen-bond acceptors (Lipinski definition) is 5. The van der Waals surface area contributed by atoms with Crippen molar-refractivity contribution >= 4 is 12.6 Å². The van der Waals surface area contributed by atoms with Gasteiger partial charge in [0, 0.05) is 18.6 Å². The van der Waals surface area contributed by atoms with Gasteiger partial charge >= 0.3 is 0 Å². The Labute approximate surface area is 112 Å². The fraction of sp³-hybridized carbons (Fsp3) is 0.429. The highest BCUT2D eigenvalue weighted by Gasteiger charge is 2.12. The molecule has 0 saturated carbocycles. The third-order valence-corrected chi connectivity index (χ3v) is 2.58. The lowest BCUT2D eigenvalue weighted by atomic mass is 10.2. The van der Waals surface area contributed by atoms with E-state index in [9.17, 15) is 9.59 Å². The molecule has 1 rings (SSSR count). The van der Waals surface area contributed by atoms with Crippen LogP contribution in [-0.2, 0) is 4.79 Å². The average molecular weight is 265 g/mol. The SMILES string of the molecule is COc1cc(OCCCC[C]=O)cc(OC)c1C=O. The van der Waals surface area contributed by atoms with Gasteiger partial charge in [-0.2, -0.15) is 0 Å². The molecule has 0 saturated heterocycles. The lowest BCUT2D eigenvalue weighted by Gasteiger charge is -2.12. The summed E-state index contributed by atoms with van der Waals surface area (Å²) in [5, 5.41) is 0. The molecule has 103 valence electrons. The van der Waals surface area contributed by atoms with Gasteiger partial charge < -0.3 is 14.2 Å². The molecule has 1 radical (unpaired) electrons. The number of ether oxygens (including phenoxy) is 3. The highest BCUT2D eigenvalue weighted by Crippen LogP contribution is 2.32. The molecule has 0 aromatic heterocycles. The standard InChI is InChI=1S/C14H17O5/c1-17-13-8-11(19-7-5-3-4-6-15)9-14(18-2)12(13)10-16/h8-10H,3-5,7H2,1-2H3. The molecule has 1 aromatic rings. The summed E-state index contributed by atoms with van der Waals surface area (Å²) >= 11 is 0. The van der Waals surface area contributed by atoms with E-state index in [1.54, 1.807) is 12.1 Å². The zero-order chi connectivity index (χ0) is 14.1. The van der Waals surface area contributed by atoms with Crippen molar-refractivity contribution in [2.24, 2.45) is 0 Å². The van der Waals surface area contributed by atoms with Crippen molar-refractivity contribution in [3.8, 4) is 17.2 Å². The number of hydrogen-bond donors (Lipinski definition) is 0. The van der Waals surface area contributed by atoms with Crippen molar-refractivity contribution in [1.29, 1.82) is 0 Å². The molecule has 0 atom stereocenters. The van der Waals surface area contributed by atoms with Gasteiger partial charge in [-0.1, -0.05) is 0 Å². The van der Waals surface area contributed by atoms with E-state index in [1.165, 1.54) is 14.2 Å². The monoisotopic (exact) mass is 265 g/mol. The molecule has 5 heteroatoms. The summed E-state index contributed by atoms with van der Waals surface area (Å²) < 4.78 is 15.8. The molecular weight excluding hydrogens is 248 g/mol. The number of unbranched alkanes of at least 4 members (excludes halogenated alkanes) is 2. The number of carbonyl (C=O) groups excluding carboxylic acids is 2. The van der Waals surface area contributed by atoms with Crippen molar-refractivity contribution in [2.45, 2.75) is 19.3 Å². The highest BCUT2D eigenvalue weighted by molar-refractivity contribution is 5.84. The summed E-state index contributed by atoms with van der Waals surface area (Å²) in [5.74, 6) is 1.38. The number of rotatable bonds is 9. The van der Waals surface area contributed by atoms with E-state index in [0.29, 0.717) is 42.1 Å². The average Bonchev–Trinajstić information content (AvgIpc) is 2.45. The molecular formula is C14H17O5. The fourth-order valence-corrected chi connectivity index (χ4v) is 1.60. The Morgan fingerprint density at radius 2 is 1.79 bits per heavy atom. The summed E-state index contributed by atoms with van der Waals surface area (Å²) in [6.07, 6.45) is 4.43. The van der Waals surface area contributed by atoms with Crippen LogP contribution in [0.3, 0.4) is 0 Å². The largest absolute Gasteiger partial charge is 0.496 e. The fourth-order valence-electron chi connectivity index (χ4n) is 1.60. The minimum absolute atomic E-state index is 0.355. The summed E-state index contributed by atoms with van der Waals surface area (Å²) in [6, 6.07) is 3.27. The van der Waals surface area contributed by atoms with E-state index in [0.717, 1.165) is 12.8 Å². The third-order valence-electron chi connectivity index (χ3n) is 2.58. The lowest BCUT2D eigenvalue weighted by Crippen LogP contribution is -2.01. The molecule has 0 aliphatic carbocycles. The van der Waals surface area contributed by atoms with Gasteiger partial charge in [-0.3, -0.25) is 9.59 Å². The highest BCUT2D eigenvalue weighted by atomic mass is 16.5. The molecule has 5 nitrogen and oxygen atoms in total. The molecule has 0 aliphatic heterocycles. The van der Waals surface area contributed by atoms with Crippen molar-refractivity contribution in [1.82, 2.24) is 0 Å². The minimum atomic E-state index is 0.355. The quantitative estimate of drug-likeness (QED) is 0.506. The third kappa shape index (κ3) is 4.28. The van der Waals surface area contributed by atoms with Gasteiger partial charge in [0.05, 0.1) is 26.4 Å².